The monoisotopic (exact) mass is 360 g/mol. The molecule has 0 atom stereocenters. The minimum absolute atomic E-state index is 0.00589. The maximum absolute atomic E-state index is 13.5. The van der Waals surface area contributed by atoms with Crippen molar-refractivity contribution in [2.24, 2.45) is 0 Å². The summed E-state index contributed by atoms with van der Waals surface area (Å²) in [6.07, 6.45) is 1.17. The van der Waals surface area contributed by atoms with Gasteiger partial charge < -0.3 is 9.64 Å². The van der Waals surface area contributed by atoms with Crippen LogP contribution in [0.5, 0.6) is 5.75 Å². The van der Waals surface area contributed by atoms with Crippen LogP contribution in [0.2, 0.25) is 0 Å². The van der Waals surface area contributed by atoms with E-state index >= 15 is 0 Å². The molecule has 2 aromatic rings. The molecule has 136 valence electrons. The summed E-state index contributed by atoms with van der Waals surface area (Å²) >= 11 is 0. The van der Waals surface area contributed by atoms with E-state index in [0.717, 1.165) is 18.6 Å². The predicted molar refractivity (Wildman–Crippen MR) is 92.0 cm³/mol. The van der Waals surface area contributed by atoms with E-state index in [4.69, 9.17) is 4.74 Å². The second-order valence-corrected chi connectivity index (χ2v) is 5.96. The molecule has 0 spiro atoms. The summed E-state index contributed by atoms with van der Waals surface area (Å²) in [5.41, 5.74) is 0.534. The summed E-state index contributed by atoms with van der Waals surface area (Å²) < 4.78 is 31.8. The summed E-state index contributed by atoms with van der Waals surface area (Å²) in [4.78, 5) is 27.8. The third-order valence-corrected chi connectivity index (χ3v) is 4.28. The number of amides is 2. The smallest absolute Gasteiger partial charge is 0.259 e. The molecule has 0 aromatic heterocycles. The number of nitrogens with zero attached hydrogens (tertiary/aromatic N) is 2. The number of methoxy groups -OCH3 is 1. The Kier molecular flexibility index (Phi) is 5.16. The Bertz CT molecular complexity index is 824. The van der Waals surface area contributed by atoms with E-state index < -0.39 is 17.5 Å². The molecule has 0 saturated carbocycles. The van der Waals surface area contributed by atoms with Crippen LogP contribution in [0.4, 0.5) is 14.5 Å². The van der Waals surface area contributed by atoms with Crippen LogP contribution in [0.15, 0.2) is 42.5 Å². The van der Waals surface area contributed by atoms with Crippen molar-refractivity contribution in [2.75, 3.05) is 25.2 Å². The summed E-state index contributed by atoms with van der Waals surface area (Å²) in [7, 11) is 1.53. The van der Waals surface area contributed by atoms with E-state index in [1.807, 2.05) is 0 Å². The lowest BCUT2D eigenvalue weighted by Gasteiger charge is -2.28. The van der Waals surface area contributed by atoms with Crippen molar-refractivity contribution in [3.8, 4) is 5.75 Å². The van der Waals surface area contributed by atoms with Crippen LogP contribution >= 0.6 is 0 Å². The average molecular weight is 360 g/mol. The van der Waals surface area contributed by atoms with Crippen LogP contribution in [0.1, 0.15) is 23.2 Å². The minimum atomic E-state index is -1.09. The molecule has 2 amide bonds. The Hall–Kier alpha value is -2.96. The molecule has 1 saturated heterocycles. The van der Waals surface area contributed by atoms with Gasteiger partial charge in [0.2, 0.25) is 5.91 Å². The highest BCUT2D eigenvalue weighted by Gasteiger charge is 2.26. The maximum atomic E-state index is 13.5. The number of likely N-dealkylation sites (tertiary alicyclic amines) is 1. The summed E-state index contributed by atoms with van der Waals surface area (Å²) in [5, 5.41) is 0. The van der Waals surface area contributed by atoms with Gasteiger partial charge in [-0.25, -0.2) is 8.78 Å². The standard InChI is InChI=1S/C19H18F2N2O3/c1-26-15-7-5-14(6-8-15)23(12-22-10-2-3-18(22)24)19(25)13-4-9-16(20)17(21)11-13/h4-9,11H,2-3,10,12H2,1H3. The van der Waals surface area contributed by atoms with Crippen molar-refractivity contribution in [3.05, 3.63) is 59.7 Å². The van der Waals surface area contributed by atoms with Gasteiger partial charge in [-0.2, -0.15) is 0 Å². The lowest BCUT2D eigenvalue weighted by atomic mass is 10.1. The van der Waals surface area contributed by atoms with E-state index in [9.17, 15) is 18.4 Å². The molecular weight excluding hydrogens is 342 g/mol. The third-order valence-electron chi connectivity index (χ3n) is 4.28. The van der Waals surface area contributed by atoms with Crippen LogP contribution < -0.4 is 9.64 Å². The molecule has 7 heteroatoms. The number of carbonyl (C=O) groups excluding carboxylic acids is 2. The summed E-state index contributed by atoms with van der Waals surface area (Å²) in [6.45, 7) is 0.597. The first-order chi connectivity index (χ1) is 12.5. The molecule has 0 aliphatic carbocycles. The average Bonchev–Trinajstić information content (AvgIpc) is 3.06. The fraction of sp³-hybridized carbons (Fsp3) is 0.263. The Morgan fingerprint density at radius 2 is 1.88 bits per heavy atom. The van der Waals surface area contributed by atoms with Gasteiger partial charge in [-0.05, 0) is 48.9 Å². The van der Waals surface area contributed by atoms with Crippen molar-refractivity contribution in [1.82, 2.24) is 4.90 Å². The number of benzene rings is 2. The Labute approximate surface area is 149 Å². The van der Waals surface area contributed by atoms with Crippen molar-refractivity contribution in [1.29, 1.82) is 0 Å². The summed E-state index contributed by atoms with van der Waals surface area (Å²) in [5.74, 6) is -2.06. The largest absolute Gasteiger partial charge is 0.497 e. The summed E-state index contributed by atoms with van der Waals surface area (Å²) in [6, 6.07) is 9.73. The number of anilines is 1. The SMILES string of the molecule is COc1ccc(N(CN2CCCC2=O)C(=O)c2ccc(F)c(F)c2)cc1. The quantitative estimate of drug-likeness (QED) is 0.823. The van der Waals surface area contributed by atoms with Crippen LogP contribution in [0.25, 0.3) is 0 Å². The molecule has 2 aromatic carbocycles. The van der Waals surface area contributed by atoms with Gasteiger partial charge in [0.15, 0.2) is 11.6 Å². The van der Waals surface area contributed by atoms with E-state index in [1.54, 1.807) is 29.2 Å². The third kappa shape index (κ3) is 3.66. The topological polar surface area (TPSA) is 49.9 Å². The van der Waals surface area contributed by atoms with E-state index in [1.165, 1.54) is 18.1 Å². The minimum Gasteiger partial charge on any atom is -0.497 e. The number of hydrogen-bond acceptors (Lipinski definition) is 3. The van der Waals surface area contributed by atoms with Gasteiger partial charge in [0.25, 0.3) is 5.91 Å². The Morgan fingerprint density at radius 1 is 1.15 bits per heavy atom. The van der Waals surface area contributed by atoms with Gasteiger partial charge in [0.05, 0.1) is 7.11 Å². The lowest BCUT2D eigenvalue weighted by Crippen LogP contribution is -2.42. The van der Waals surface area contributed by atoms with Gasteiger partial charge in [-0.15, -0.1) is 0 Å². The molecule has 0 unspecified atom stereocenters. The van der Waals surface area contributed by atoms with Gasteiger partial charge in [0, 0.05) is 24.2 Å². The number of hydrogen-bond donors (Lipinski definition) is 0. The number of carbonyl (C=O) groups is 2. The molecule has 1 aliphatic rings. The molecule has 0 bridgehead atoms. The Balaban J connectivity index is 1.93. The van der Waals surface area contributed by atoms with E-state index in [-0.39, 0.29) is 18.1 Å². The van der Waals surface area contributed by atoms with Crippen molar-refractivity contribution < 1.29 is 23.1 Å². The highest BCUT2D eigenvalue weighted by atomic mass is 19.2. The first kappa shape index (κ1) is 17.8. The molecule has 26 heavy (non-hydrogen) atoms. The molecule has 1 fully saturated rings. The fourth-order valence-electron chi connectivity index (χ4n) is 2.83. The molecule has 1 heterocycles. The van der Waals surface area contributed by atoms with Crippen molar-refractivity contribution in [3.63, 3.8) is 0 Å². The van der Waals surface area contributed by atoms with Gasteiger partial charge >= 0.3 is 0 Å². The molecule has 0 radical (unpaired) electrons. The zero-order valence-electron chi connectivity index (χ0n) is 14.2. The second-order valence-electron chi connectivity index (χ2n) is 5.96. The zero-order valence-corrected chi connectivity index (χ0v) is 14.2. The van der Waals surface area contributed by atoms with Crippen LogP contribution in [0.3, 0.4) is 0 Å². The molecular formula is C19H18F2N2O3. The first-order valence-corrected chi connectivity index (χ1v) is 8.18. The zero-order chi connectivity index (χ0) is 18.7. The van der Waals surface area contributed by atoms with Crippen molar-refractivity contribution >= 4 is 17.5 Å². The van der Waals surface area contributed by atoms with Crippen LogP contribution in [-0.4, -0.2) is 37.0 Å². The lowest BCUT2D eigenvalue weighted by molar-refractivity contribution is -0.127. The highest BCUT2D eigenvalue weighted by molar-refractivity contribution is 6.06. The fourth-order valence-corrected chi connectivity index (χ4v) is 2.83. The maximum Gasteiger partial charge on any atom is 0.259 e. The van der Waals surface area contributed by atoms with Gasteiger partial charge in [0.1, 0.15) is 12.4 Å². The molecule has 5 nitrogen and oxygen atoms in total. The van der Waals surface area contributed by atoms with Crippen LogP contribution in [0, 0.1) is 11.6 Å². The van der Waals surface area contributed by atoms with Gasteiger partial charge in [-0.3, -0.25) is 14.5 Å². The van der Waals surface area contributed by atoms with E-state index in [2.05, 4.69) is 0 Å². The Morgan fingerprint density at radius 3 is 2.46 bits per heavy atom. The van der Waals surface area contributed by atoms with Gasteiger partial charge in [-0.1, -0.05) is 0 Å². The number of halogens is 2. The first-order valence-electron chi connectivity index (χ1n) is 8.18. The normalized spacial score (nSPS) is 13.8. The molecule has 3 rings (SSSR count). The number of ether oxygens (including phenoxy) is 1. The molecule has 1 aliphatic heterocycles. The highest BCUT2D eigenvalue weighted by Crippen LogP contribution is 2.23. The predicted octanol–water partition coefficient (Wildman–Crippen LogP) is 3.20. The molecule has 0 N–H and O–H groups in total. The van der Waals surface area contributed by atoms with Crippen molar-refractivity contribution in [2.45, 2.75) is 12.8 Å². The second kappa shape index (κ2) is 7.51. The van der Waals surface area contributed by atoms with E-state index in [0.29, 0.717) is 24.4 Å². The van der Waals surface area contributed by atoms with Crippen LogP contribution in [-0.2, 0) is 4.79 Å². The number of rotatable bonds is 5.